The Balaban J connectivity index is 1.99. The maximum Gasteiger partial charge on any atom is 0.0716 e. The van der Waals surface area contributed by atoms with Crippen molar-refractivity contribution in [3.05, 3.63) is 42.9 Å². The molecule has 2 nitrogen and oxygen atoms in total. The van der Waals surface area contributed by atoms with E-state index in [0.717, 1.165) is 26.2 Å². The van der Waals surface area contributed by atoms with Gasteiger partial charge >= 0.3 is 0 Å². The van der Waals surface area contributed by atoms with Crippen molar-refractivity contribution in [2.24, 2.45) is 0 Å². The van der Waals surface area contributed by atoms with Crippen LogP contribution in [0.15, 0.2) is 30.3 Å². The van der Waals surface area contributed by atoms with E-state index in [0.29, 0.717) is 0 Å². The molecule has 0 bridgehead atoms. The van der Waals surface area contributed by atoms with Crippen LogP contribution in [0, 0.1) is 7.05 Å². The molecule has 0 amide bonds. The lowest BCUT2D eigenvalue weighted by Gasteiger charge is -2.04. The van der Waals surface area contributed by atoms with E-state index < -0.39 is 0 Å². The van der Waals surface area contributed by atoms with Crippen molar-refractivity contribution in [1.29, 1.82) is 0 Å². The molecule has 1 rings (SSSR count). The van der Waals surface area contributed by atoms with Crippen molar-refractivity contribution in [2.75, 3.05) is 13.2 Å². The van der Waals surface area contributed by atoms with Crippen molar-refractivity contribution >= 4 is 0 Å². The van der Waals surface area contributed by atoms with Gasteiger partial charge in [0.05, 0.1) is 13.2 Å². The Labute approximate surface area is 86.3 Å². The molecule has 0 atom stereocenters. The van der Waals surface area contributed by atoms with Crippen LogP contribution < -0.4 is 5.32 Å². The highest BCUT2D eigenvalue weighted by molar-refractivity contribution is 5.13. The molecule has 0 aliphatic rings. The van der Waals surface area contributed by atoms with Crippen molar-refractivity contribution in [2.45, 2.75) is 19.4 Å². The summed E-state index contributed by atoms with van der Waals surface area (Å²) in [7, 11) is 3.69. The minimum Gasteiger partial charge on any atom is -0.479 e. The molecule has 14 heavy (non-hydrogen) atoms. The van der Waals surface area contributed by atoms with E-state index in [-0.39, 0.29) is 0 Å². The number of benzene rings is 1. The van der Waals surface area contributed by atoms with Gasteiger partial charge < -0.3 is 10.1 Å². The van der Waals surface area contributed by atoms with Crippen molar-refractivity contribution in [3.8, 4) is 0 Å². The van der Waals surface area contributed by atoms with Crippen LogP contribution >= 0.6 is 0 Å². The summed E-state index contributed by atoms with van der Waals surface area (Å²) >= 11 is 0. The van der Waals surface area contributed by atoms with Gasteiger partial charge in [-0.1, -0.05) is 30.3 Å². The molecule has 1 aromatic rings. The highest BCUT2D eigenvalue weighted by Gasteiger charge is 1.91. The summed E-state index contributed by atoms with van der Waals surface area (Å²) in [5, 5.41) is 1.96. The third kappa shape index (κ3) is 5.00. The second-order valence-corrected chi connectivity index (χ2v) is 3.32. The maximum atomic E-state index is 5.53. The van der Waals surface area contributed by atoms with Crippen molar-refractivity contribution in [3.63, 3.8) is 0 Å². The van der Waals surface area contributed by atoms with Crippen LogP contribution in [0.5, 0.6) is 0 Å². The number of hydrogen-bond donors (Lipinski definition) is 1. The summed E-state index contributed by atoms with van der Waals surface area (Å²) in [6, 6.07) is 10.3. The van der Waals surface area contributed by atoms with Crippen LogP contribution in [-0.2, 0) is 11.3 Å². The minimum absolute atomic E-state index is 0.731. The Kier molecular flexibility index (Phi) is 6.04. The fourth-order valence-corrected chi connectivity index (χ4v) is 1.26. The summed E-state index contributed by atoms with van der Waals surface area (Å²) in [6.07, 6.45) is 2.30. The summed E-state index contributed by atoms with van der Waals surface area (Å²) in [5.41, 5.74) is 1.25. The van der Waals surface area contributed by atoms with E-state index in [1.807, 2.05) is 23.5 Å². The number of hydrogen-bond acceptors (Lipinski definition) is 1. The zero-order valence-corrected chi connectivity index (χ0v) is 8.61. The van der Waals surface area contributed by atoms with Crippen LogP contribution in [0.4, 0.5) is 0 Å². The normalized spacial score (nSPS) is 10.4. The molecular weight excluding hydrogens is 174 g/mol. The Morgan fingerprint density at radius 1 is 1.14 bits per heavy atom. The first-order valence-electron chi connectivity index (χ1n) is 5.16. The topological polar surface area (TPSA) is 25.8 Å². The zero-order valence-electron chi connectivity index (χ0n) is 8.61. The fourth-order valence-electron chi connectivity index (χ4n) is 1.26. The minimum atomic E-state index is 0.731. The average molecular weight is 193 g/mol. The monoisotopic (exact) mass is 193 g/mol. The van der Waals surface area contributed by atoms with Crippen LogP contribution in [0.3, 0.4) is 0 Å². The maximum absolute atomic E-state index is 5.53. The smallest absolute Gasteiger partial charge is 0.0716 e. The van der Waals surface area contributed by atoms with E-state index in [1.165, 1.54) is 12.0 Å². The Morgan fingerprint density at radius 2 is 1.93 bits per heavy atom. The van der Waals surface area contributed by atoms with Gasteiger partial charge in [-0.2, -0.15) is 7.05 Å². The van der Waals surface area contributed by atoms with Crippen molar-refractivity contribution < 1.29 is 10.1 Å². The molecule has 78 valence electrons. The molecule has 0 fully saturated rings. The van der Waals surface area contributed by atoms with Crippen LogP contribution in [0.25, 0.3) is 0 Å². The van der Waals surface area contributed by atoms with Crippen molar-refractivity contribution in [1.82, 2.24) is 0 Å². The molecule has 0 aromatic heterocycles. The van der Waals surface area contributed by atoms with Gasteiger partial charge in [0.2, 0.25) is 0 Å². The number of rotatable bonds is 7. The fraction of sp³-hybridized carbons (Fsp3) is 0.417. The number of ether oxygens (including phenoxy) is 1. The standard InChI is InChI=1S/C12H19NO/c1-13-9-5-6-10-14-11-12-7-3-2-4-8-12/h2-4,7-8H,1,5-6,9-11,13H2. The van der Waals surface area contributed by atoms with Gasteiger partial charge in [0.25, 0.3) is 0 Å². The average Bonchev–Trinajstić information content (AvgIpc) is 2.25. The Hall–Kier alpha value is -0.860. The van der Waals surface area contributed by atoms with Gasteiger partial charge in [0.1, 0.15) is 0 Å². The molecule has 0 heterocycles. The van der Waals surface area contributed by atoms with Crippen LogP contribution in [-0.4, -0.2) is 13.2 Å². The highest BCUT2D eigenvalue weighted by atomic mass is 16.5. The molecule has 0 unspecified atom stereocenters. The molecule has 0 spiro atoms. The molecule has 0 aliphatic carbocycles. The van der Waals surface area contributed by atoms with Gasteiger partial charge in [0, 0.05) is 6.61 Å². The summed E-state index contributed by atoms with van der Waals surface area (Å²) in [5.74, 6) is 0. The molecule has 0 radical (unpaired) electrons. The predicted molar refractivity (Wildman–Crippen MR) is 57.5 cm³/mol. The zero-order chi connectivity index (χ0) is 10.1. The Morgan fingerprint density at radius 3 is 2.64 bits per heavy atom. The van der Waals surface area contributed by atoms with E-state index >= 15 is 0 Å². The van der Waals surface area contributed by atoms with E-state index in [4.69, 9.17) is 4.74 Å². The van der Waals surface area contributed by atoms with Gasteiger partial charge in [-0.25, -0.2) is 0 Å². The SMILES string of the molecule is [CH2-][NH2+]CCCCOCc1ccccc1. The number of unbranched alkanes of at least 4 members (excludes halogenated alkanes) is 1. The summed E-state index contributed by atoms with van der Waals surface area (Å²) in [4.78, 5) is 0. The van der Waals surface area contributed by atoms with Gasteiger partial charge in [-0.3, -0.25) is 0 Å². The van der Waals surface area contributed by atoms with E-state index in [2.05, 4.69) is 19.2 Å². The summed E-state index contributed by atoms with van der Waals surface area (Å²) in [6.45, 7) is 2.67. The third-order valence-electron chi connectivity index (χ3n) is 2.06. The van der Waals surface area contributed by atoms with E-state index in [9.17, 15) is 0 Å². The molecule has 0 saturated carbocycles. The highest BCUT2D eigenvalue weighted by Crippen LogP contribution is 2.00. The van der Waals surface area contributed by atoms with Gasteiger partial charge in [-0.05, 0) is 18.4 Å². The van der Waals surface area contributed by atoms with Crippen LogP contribution in [0.1, 0.15) is 18.4 Å². The molecular formula is C12H19NO. The van der Waals surface area contributed by atoms with E-state index in [1.54, 1.807) is 0 Å². The number of quaternary nitrogens is 1. The lowest BCUT2D eigenvalue weighted by molar-refractivity contribution is -0.596. The predicted octanol–water partition coefficient (Wildman–Crippen LogP) is 1.34. The second kappa shape index (κ2) is 7.54. The molecule has 1 aromatic carbocycles. The summed E-state index contributed by atoms with van der Waals surface area (Å²) < 4.78 is 5.53. The largest absolute Gasteiger partial charge is 0.479 e. The second-order valence-electron chi connectivity index (χ2n) is 3.32. The first kappa shape index (κ1) is 11.2. The Bertz CT molecular complexity index is 223. The third-order valence-corrected chi connectivity index (χ3v) is 2.06. The van der Waals surface area contributed by atoms with Gasteiger partial charge in [0.15, 0.2) is 0 Å². The lowest BCUT2D eigenvalue weighted by Crippen LogP contribution is -2.76. The lowest BCUT2D eigenvalue weighted by atomic mass is 10.2. The quantitative estimate of drug-likeness (QED) is 0.513. The molecule has 2 N–H and O–H groups in total. The molecule has 0 aliphatic heterocycles. The first-order valence-corrected chi connectivity index (χ1v) is 5.16. The molecule has 0 saturated heterocycles. The molecule has 2 heteroatoms. The van der Waals surface area contributed by atoms with Gasteiger partial charge in [-0.15, -0.1) is 0 Å². The first-order chi connectivity index (χ1) is 6.93. The van der Waals surface area contributed by atoms with Crippen LogP contribution in [0.2, 0.25) is 0 Å². The number of nitrogens with two attached hydrogens (primary N) is 1.